The highest BCUT2D eigenvalue weighted by molar-refractivity contribution is 6.32. The molecule has 0 bridgehead atoms. The lowest BCUT2D eigenvalue weighted by atomic mass is 9.68. The Morgan fingerprint density at radius 3 is 2.59 bits per heavy atom. The number of nitrogens with one attached hydrogen (secondary N) is 1. The number of ether oxygens (including phenoxy) is 2. The van der Waals surface area contributed by atoms with Gasteiger partial charge in [0, 0.05) is 18.4 Å². The van der Waals surface area contributed by atoms with Gasteiger partial charge in [0.2, 0.25) is 5.91 Å². The van der Waals surface area contributed by atoms with E-state index in [2.05, 4.69) is 5.32 Å². The number of rotatable bonds is 7. The lowest BCUT2D eigenvalue weighted by Gasteiger charge is -2.36. The minimum absolute atomic E-state index is 0.149. The standard InChI is InChI=1S/C23H27ClFNO3/c1-16(15-28-2)29-21-11-10-17(14-19(21)24)26-22(27)23(12-6-3-7-13-23)18-8-4-5-9-20(18)25/h4-5,8-11,14,16H,3,6-7,12-13,15H2,1-2H3,(H,26,27)/t16-/m1/s1. The second-order valence-electron chi connectivity index (χ2n) is 7.61. The highest BCUT2D eigenvalue weighted by Crippen LogP contribution is 2.42. The van der Waals surface area contributed by atoms with Crippen LogP contribution in [0.5, 0.6) is 5.75 Å². The number of benzene rings is 2. The summed E-state index contributed by atoms with van der Waals surface area (Å²) in [6.45, 7) is 2.33. The van der Waals surface area contributed by atoms with Crippen LogP contribution in [-0.4, -0.2) is 25.7 Å². The minimum atomic E-state index is -0.863. The first-order valence-electron chi connectivity index (χ1n) is 9.98. The molecule has 1 saturated carbocycles. The number of carbonyl (C=O) groups excluding carboxylic acids is 1. The number of hydrogen-bond donors (Lipinski definition) is 1. The second kappa shape index (κ2) is 9.59. The van der Waals surface area contributed by atoms with E-state index < -0.39 is 5.41 Å². The van der Waals surface area contributed by atoms with Gasteiger partial charge >= 0.3 is 0 Å². The minimum Gasteiger partial charge on any atom is -0.487 e. The third kappa shape index (κ3) is 4.90. The van der Waals surface area contributed by atoms with Gasteiger partial charge in [0.1, 0.15) is 17.7 Å². The van der Waals surface area contributed by atoms with Gasteiger partial charge < -0.3 is 14.8 Å². The maximum atomic E-state index is 14.6. The van der Waals surface area contributed by atoms with Gasteiger partial charge in [-0.25, -0.2) is 4.39 Å². The van der Waals surface area contributed by atoms with Gasteiger partial charge in [-0.15, -0.1) is 0 Å². The van der Waals surface area contributed by atoms with E-state index in [1.165, 1.54) is 6.07 Å². The molecule has 1 aliphatic rings. The van der Waals surface area contributed by atoms with Crippen LogP contribution in [0.3, 0.4) is 0 Å². The van der Waals surface area contributed by atoms with Crippen molar-refractivity contribution in [3.05, 3.63) is 58.9 Å². The summed E-state index contributed by atoms with van der Waals surface area (Å²) in [6, 6.07) is 11.7. The molecule has 156 valence electrons. The second-order valence-corrected chi connectivity index (χ2v) is 8.01. The molecular weight excluding hydrogens is 393 g/mol. The SMILES string of the molecule is COC[C@@H](C)Oc1ccc(NC(=O)C2(c3ccccc3F)CCCCC2)cc1Cl. The van der Waals surface area contributed by atoms with Crippen molar-refractivity contribution in [1.82, 2.24) is 0 Å². The monoisotopic (exact) mass is 419 g/mol. The average molecular weight is 420 g/mol. The van der Waals surface area contributed by atoms with Crippen LogP contribution in [0, 0.1) is 5.82 Å². The maximum Gasteiger partial charge on any atom is 0.235 e. The molecule has 3 rings (SSSR count). The number of methoxy groups -OCH3 is 1. The van der Waals surface area contributed by atoms with Gasteiger partial charge in [0.05, 0.1) is 17.0 Å². The maximum absolute atomic E-state index is 14.6. The molecular formula is C23H27ClFNO3. The molecule has 0 heterocycles. The molecule has 6 heteroatoms. The van der Waals surface area contributed by atoms with E-state index >= 15 is 0 Å². The van der Waals surface area contributed by atoms with Crippen LogP contribution >= 0.6 is 11.6 Å². The first kappa shape index (κ1) is 21.6. The summed E-state index contributed by atoms with van der Waals surface area (Å²) >= 11 is 6.34. The van der Waals surface area contributed by atoms with E-state index in [4.69, 9.17) is 21.1 Å². The fourth-order valence-corrected chi connectivity index (χ4v) is 4.26. The van der Waals surface area contributed by atoms with E-state index in [1.54, 1.807) is 43.5 Å². The molecule has 0 aromatic heterocycles. The molecule has 1 aliphatic carbocycles. The van der Waals surface area contributed by atoms with Crippen LogP contribution in [0.15, 0.2) is 42.5 Å². The zero-order chi connectivity index (χ0) is 20.9. The van der Waals surface area contributed by atoms with Gasteiger partial charge in [0.25, 0.3) is 0 Å². The number of anilines is 1. The highest BCUT2D eigenvalue weighted by atomic mass is 35.5. The van der Waals surface area contributed by atoms with Crippen molar-refractivity contribution >= 4 is 23.2 Å². The van der Waals surface area contributed by atoms with Crippen LogP contribution in [0.2, 0.25) is 5.02 Å². The molecule has 2 aromatic carbocycles. The van der Waals surface area contributed by atoms with Crippen molar-refractivity contribution in [3.63, 3.8) is 0 Å². The zero-order valence-electron chi connectivity index (χ0n) is 16.8. The molecule has 2 aromatic rings. The van der Waals surface area contributed by atoms with Gasteiger partial charge in [-0.1, -0.05) is 49.1 Å². The third-order valence-electron chi connectivity index (χ3n) is 5.45. The van der Waals surface area contributed by atoms with E-state index in [1.807, 2.05) is 6.92 Å². The predicted molar refractivity (Wildman–Crippen MR) is 113 cm³/mol. The number of amides is 1. The molecule has 0 unspecified atom stereocenters. The van der Waals surface area contributed by atoms with Crippen molar-refractivity contribution in [2.24, 2.45) is 0 Å². The molecule has 29 heavy (non-hydrogen) atoms. The number of halogens is 2. The normalized spacial score (nSPS) is 16.8. The fourth-order valence-electron chi connectivity index (χ4n) is 4.03. The van der Waals surface area contributed by atoms with Crippen LogP contribution in [0.25, 0.3) is 0 Å². The Morgan fingerprint density at radius 2 is 1.93 bits per heavy atom. The molecule has 1 N–H and O–H groups in total. The topological polar surface area (TPSA) is 47.6 Å². The summed E-state index contributed by atoms with van der Waals surface area (Å²) in [5.41, 5.74) is 0.169. The van der Waals surface area contributed by atoms with E-state index in [-0.39, 0.29) is 17.8 Å². The van der Waals surface area contributed by atoms with E-state index in [0.717, 1.165) is 19.3 Å². The average Bonchev–Trinajstić information content (AvgIpc) is 2.71. The molecule has 4 nitrogen and oxygen atoms in total. The summed E-state index contributed by atoms with van der Waals surface area (Å²) in [4.78, 5) is 13.3. The third-order valence-corrected chi connectivity index (χ3v) is 5.75. The van der Waals surface area contributed by atoms with E-state index in [0.29, 0.717) is 41.5 Å². The fraction of sp³-hybridized carbons (Fsp3) is 0.435. The molecule has 0 saturated heterocycles. The Morgan fingerprint density at radius 1 is 1.21 bits per heavy atom. The first-order valence-corrected chi connectivity index (χ1v) is 10.4. The Labute approximate surface area is 176 Å². The predicted octanol–water partition coefficient (Wildman–Crippen LogP) is 5.73. The van der Waals surface area contributed by atoms with Crippen molar-refractivity contribution in [2.75, 3.05) is 19.0 Å². The van der Waals surface area contributed by atoms with Crippen molar-refractivity contribution < 1.29 is 18.7 Å². The largest absolute Gasteiger partial charge is 0.487 e. The molecule has 0 radical (unpaired) electrons. The molecule has 1 amide bonds. The lowest BCUT2D eigenvalue weighted by Crippen LogP contribution is -2.42. The number of hydrogen-bond acceptors (Lipinski definition) is 3. The van der Waals surface area contributed by atoms with Gasteiger partial charge in [0.15, 0.2) is 0 Å². The van der Waals surface area contributed by atoms with Crippen LogP contribution in [0.4, 0.5) is 10.1 Å². The van der Waals surface area contributed by atoms with E-state index in [9.17, 15) is 9.18 Å². The Bertz CT molecular complexity index is 852. The first-order chi connectivity index (χ1) is 14.0. The zero-order valence-corrected chi connectivity index (χ0v) is 17.6. The van der Waals surface area contributed by atoms with Crippen LogP contribution in [-0.2, 0) is 14.9 Å². The lowest BCUT2D eigenvalue weighted by molar-refractivity contribution is -0.122. The highest BCUT2D eigenvalue weighted by Gasteiger charge is 2.42. The summed E-state index contributed by atoms with van der Waals surface area (Å²) in [5, 5.41) is 3.35. The van der Waals surface area contributed by atoms with Crippen molar-refractivity contribution in [1.29, 1.82) is 0 Å². The van der Waals surface area contributed by atoms with Crippen molar-refractivity contribution in [2.45, 2.75) is 50.5 Å². The molecule has 1 atom stereocenters. The smallest absolute Gasteiger partial charge is 0.235 e. The van der Waals surface area contributed by atoms with Crippen LogP contribution < -0.4 is 10.1 Å². The number of carbonyl (C=O) groups is 1. The molecule has 0 aliphatic heterocycles. The van der Waals surface area contributed by atoms with Crippen LogP contribution in [0.1, 0.15) is 44.6 Å². The van der Waals surface area contributed by atoms with Gasteiger partial charge in [-0.2, -0.15) is 0 Å². The Hall–Kier alpha value is -2.11. The summed E-state index contributed by atoms with van der Waals surface area (Å²) < 4.78 is 25.4. The Kier molecular flexibility index (Phi) is 7.14. The summed E-state index contributed by atoms with van der Waals surface area (Å²) in [5.74, 6) is -0.00561. The molecule has 0 spiro atoms. The summed E-state index contributed by atoms with van der Waals surface area (Å²) in [6.07, 6.45) is 3.96. The quantitative estimate of drug-likeness (QED) is 0.623. The molecule has 1 fully saturated rings. The van der Waals surface area contributed by atoms with Gasteiger partial charge in [-0.3, -0.25) is 4.79 Å². The Balaban J connectivity index is 1.82. The van der Waals surface area contributed by atoms with Crippen molar-refractivity contribution in [3.8, 4) is 5.75 Å². The van der Waals surface area contributed by atoms with Gasteiger partial charge in [-0.05, 0) is 44.0 Å². The summed E-state index contributed by atoms with van der Waals surface area (Å²) in [7, 11) is 1.61.